The highest BCUT2D eigenvalue weighted by molar-refractivity contribution is 5.72. The van der Waals surface area contributed by atoms with Gasteiger partial charge < -0.3 is 14.9 Å². The molecule has 1 aromatic carbocycles. The van der Waals surface area contributed by atoms with Crippen LogP contribution >= 0.6 is 0 Å². The molecule has 0 amide bonds. The maximum absolute atomic E-state index is 13.9. The van der Waals surface area contributed by atoms with Gasteiger partial charge >= 0.3 is 5.97 Å². The molecule has 4 aliphatic rings. The summed E-state index contributed by atoms with van der Waals surface area (Å²) in [5, 5.41) is 21.9. The van der Waals surface area contributed by atoms with Gasteiger partial charge in [0.1, 0.15) is 0 Å². The van der Waals surface area contributed by atoms with Crippen molar-refractivity contribution in [3.05, 3.63) is 29.3 Å². The molecular formula is C30H40F4O4. The van der Waals surface area contributed by atoms with Crippen LogP contribution < -0.4 is 4.74 Å². The summed E-state index contributed by atoms with van der Waals surface area (Å²) in [5.74, 6) is -6.91. The van der Waals surface area contributed by atoms with Gasteiger partial charge in [0, 0.05) is 12.5 Å². The second kappa shape index (κ2) is 10.1. The minimum atomic E-state index is -1.73. The van der Waals surface area contributed by atoms with E-state index in [-0.39, 0.29) is 41.3 Å². The molecule has 8 heteroatoms. The van der Waals surface area contributed by atoms with Crippen LogP contribution in [0, 0.1) is 69.6 Å². The third-order valence-electron chi connectivity index (χ3n) is 11.6. The van der Waals surface area contributed by atoms with E-state index < -0.39 is 41.1 Å². The van der Waals surface area contributed by atoms with Crippen LogP contribution in [0.1, 0.15) is 85.0 Å². The predicted molar refractivity (Wildman–Crippen MR) is 133 cm³/mol. The molecule has 10 atom stereocenters. The number of hydrogen-bond donors (Lipinski definition) is 2. The lowest BCUT2D eigenvalue weighted by Gasteiger charge is -2.62. The number of hydrogen-bond acceptors (Lipinski definition) is 4. The molecule has 4 fully saturated rings. The van der Waals surface area contributed by atoms with Gasteiger partial charge in [0.25, 0.3) is 0 Å². The summed E-state index contributed by atoms with van der Waals surface area (Å²) in [6, 6.07) is 0.0752. The van der Waals surface area contributed by atoms with E-state index in [9.17, 15) is 32.6 Å². The Morgan fingerprint density at radius 3 is 2.37 bits per heavy atom. The molecule has 4 nitrogen and oxygen atoms in total. The Kier molecular flexibility index (Phi) is 7.38. The first-order valence-electron chi connectivity index (χ1n) is 14.3. The lowest BCUT2D eigenvalue weighted by molar-refractivity contribution is -0.175. The van der Waals surface area contributed by atoms with Crippen molar-refractivity contribution in [2.75, 3.05) is 0 Å². The van der Waals surface area contributed by atoms with E-state index in [1.165, 1.54) is 0 Å². The number of ether oxygens (including phenoxy) is 1. The Bertz CT molecular complexity index is 1050. The SMILES string of the molecule is C[C@H](CCC(=O)Oc1c(F)c(F)cc(F)c1F)[C@H]1CC[C@H]2[C@@H]3CC[C@@H]4C[C@H](O)CC[C@]4(C)[C@H]3C[C@H](O)[C@]12C. The zero-order valence-corrected chi connectivity index (χ0v) is 22.5. The molecule has 5 rings (SSSR count). The Morgan fingerprint density at radius 2 is 1.68 bits per heavy atom. The number of esters is 1. The summed E-state index contributed by atoms with van der Waals surface area (Å²) in [7, 11) is 0. The van der Waals surface area contributed by atoms with Crippen molar-refractivity contribution in [3.8, 4) is 5.75 Å². The molecule has 0 heterocycles. The molecule has 4 aliphatic carbocycles. The zero-order chi connectivity index (χ0) is 27.6. The molecule has 212 valence electrons. The fraction of sp³-hybridized carbons (Fsp3) is 0.767. The van der Waals surface area contributed by atoms with Crippen LogP contribution in [-0.2, 0) is 4.79 Å². The molecule has 0 unspecified atom stereocenters. The van der Waals surface area contributed by atoms with Crippen molar-refractivity contribution in [2.24, 2.45) is 46.3 Å². The molecule has 2 N–H and O–H groups in total. The van der Waals surface area contributed by atoms with E-state index in [1.807, 2.05) is 6.92 Å². The van der Waals surface area contributed by atoms with E-state index in [2.05, 4.69) is 13.8 Å². The minimum Gasteiger partial charge on any atom is -0.420 e. The summed E-state index contributed by atoms with van der Waals surface area (Å²) in [6.45, 7) is 6.62. The van der Waals surface area contributed by atoms with Gasteiger partial charge in [-0.3, -0.25) is 4.79 Å². The quantitative estimate of drug-likeness (QED) is 0.192. The van der Waals surface area contributed by atoms with Gasteiger partial charge in [0.05, 0.1) is 12.2 Å². The number of carbonyl (C=O) groups is 1. The van der Waals surface area contributed by atoms with Gasteiger partial charge in [-0.05, 0) is 104 Å². The number of halogens is 4. The maximum Gasteiger partial charge on any atom is 0.311 e. The Morgan fingerprint density at radius 1 is 1.00 bits per heavy atom. The minimum absolute atomic E-state index is 0.0412. The maximum atomic E-state index is 13.9. The van der Waals surface area contributed by atoms with E-state index in [4.69, 9.17) is 4.74 Å². The Balaban J connectivity index is 1.26. The fourth-order valence-corrected chi connectivity index (χ4v) is 9.51. The normalized spacial score (nSPS) is 41.1. The number of aliphatic hydroxyl groups is 2. The van der Waals surface area contributed by atoms with Gasteiger partial charge in [-0.1, -0.05) is 20.8 Å². The third kappa shape index (κ3) is 4.38. The van der Waals surface area contributed by atoms with Crippen LogP contribution in [0.2, 0.25) is 0 Å². The van der Waals surface area contributed by atoms with E-state index >= 15 is 0 Å². The highest BCUT2D eigenvalue weighted by atomic mass is 19.2. The van der Waals surface area contributed by atoms with Crippen molar-refractivity contribution in [1.82, 2.24) is 0 Å². The van der Waals surface area contributed by atoms with Gasteiger partial charge in [-0.15, -0.1) is 0 Å². The molecular weight excluding hydrogens is 500 g/mol. The molecule has 1 aromatic rings. The van der Waals surface area contributed by atoms with E-state index in [0.29, 0.717) is 30.1 Å². The zero-order valence-electron chi connectivity index (χ0n) is 22.5. The predicted octanol–water partition coefficient (Wildman–Crippen LogP) is 6.56. The van der Waals surface area contributed by atoms with Gasteiger partial charge in [0.15, 0.2) is 11.6 Å². The lowest BCUT2D eigenvalue weighted by Crippen LogP contribution is -2.58. The molecule has 0 radical (unpaired) electrons. The van der Waals surface area contributed by atoms with Crippen molar-refractivity contribution < 1.29 is 37.3 Å². The highest BCUT2D eigenvalue weighted by Crippen LogP contribution is 2.68. The molecule has 4 saturated carbocycles. The highest BCUT2D eigenvalue weighted by Gasteiger charge is 2.63. The van der Waals surface area contributed by atoms with Crippen molar-refractivity contribution >= 4 is 5.97 Å². The van der Waals surface area contributed by atoms with E-state index in [1.54, 1.807) is 0 Å². The first kappa shape index (κ1) is 27.9. The van der Waals surface area contributed by atoms with Crippen LogP contribution in [0.3, 0.4) is 0 Å². The molecule has 0 saturated heterocycles. The fourth-order valence-electron chi connectivity index (χ4n) is 9.51. The summed E-state index contributed by atoms with van der Waals surface area (Å²) >= 11 is 0. The smallest absolute Gasteiger partial charge is 0.311 e. The summed E-state index contributed by atoms with van der Waals surface area (Å²) in [6.07, 6.45) is 7.23. The molecule has 0 spiro atoms. The van der Waals surface area contributed by atoms with Crippen molar-refractivity contribution in [2.45, 2.75) is 97.2 Å². The van der Waals surface area contributed by atoms with Crippen LogP contribution in [0.5, 0.6) is 5.75 Å². The van der Waals surface area contributed by atoms with Gasteiger partial charge in [-0.2, -0.15) is 8.78 Å². The Labute approximate surface area is 222 Å². The molecule has 0 bridgehead atoms. The van der Waals surface area contributed by atoms with Gasteiger partial charge in [0.2, 0.25) is 17.4 Å². The largest absolute Gasteiger partial charge is 0.420 e. The van der Waals surface area contributed by atoms with Gasteiger partial charge in [-0.25, -0.2) is 8.78 Å². The average Bonchev–Trinajstić information content (AvgIpc) is 3.24. The number of carbonyl (C=O) groups excluding carboxylic acids is 1. The summed E-state index contributed by atoms with van der Waals surface area (Å²) < 4.78 is 59.5. The summed E-state index contributed by atoms with van der Waals surface area (Å²) in [5.41, 5.74) is -0.134. The number of aliphatic hydroxyl groups excluding tert-OH is 2. The first-order valence-corrected chi connectivity index (χ1v) is 14.3. The van der Waals surface area contributed by atoms with Crippen molar-refractivity contribution in [3.63, 3.8) is 0 Å². The number of fused-ring (bicyclic) bond motifs is 5. The summed E-state index contributed by atoms with van der Waals surface area (Å²) in [4.78, 5) is 12.4. The van der Waals surface area contributed by atoms with Crippen LogP contribution in [0.25, 0.3) is 0 Å². The Hall–Kier alpha value is -1.67. The lowest BCUT2D eigenvalue weighted by atomic mass is 9.43. The second-order valence-electron chi connectivity index (χ2n) is 13.2. The second-order valence-corrected chi connectivity index (χ2v) is 13.2. The van der Waals surface area contributed by atoms with Crippen molar-refractivity contribution in [1.29, 1.82) is 0 Å². The standard InChI is InChI=1S/C30H40F4O4/c1-15(4-9-25(37)38-28-26(33)22(31)14-23(32)27(28)34)19-7-8-20-18-6-5-16-12-17(35)10-11-29(16,2)21(18)13-24(36)30(19,20)3/h14-21,24,35-36H,4-13H2,1-3H3/t15-,16-,17-,18+,19-,20+,21+,24+,29+,30-/m1/s1. The number of benzene rings is 1. The monoisotopic (exact) mass is 540 g/mol. The van der Waals surface area contributed by atoms with Crippen LogP contribution in [0.4, 0.5) is 17.6 Å². The molecule has 38 heavy (non-hydrogen) atoms. The van der Waals surface area contributed by atoms with Crippen LogP contribution in [-0.4, -0.2) is 28.4 Å². The average molecular weight is 541 g/mol. The molecule has 0 aliphatic heterocycles. The van der Waals surface area contributed by atoms with Crippen LogP contribution in [0.15, 0.2) is 6.07 Å². The topological polar surface area (TPSA) is 66.8 Å². The third-order valence-corrected chi connectivity index (χ3v) is 11.6. The first-order chi connectivity index (χ1) is 17.9. The van der Waals surface area contributed by atoms with E-state index in [0.717, 1.165) is 51.4 Å². The number of rotatable bonds is 5. The molecule has 0 aromatic heterocycles.